The van der Waals surface area contributed by atoms with E-state index in [1.165, 1.54) is 0 Å². The zero-order valence-corrected chi connectivity index (χ0v) is 14.9. The van der Waals surface area contributed by atoms with Gasteiger partial charge in [0.2, 0.25) is 5.95 Å². The normalized spacial score (nSPS) is 10.5. The van der Waals surface area contributed by atoms with Crippen molar-refractivity contribution >= 4 is 23.0 Å². The van der Waals surface area contributed by atoms with Crippen LogP contribution in [0.4, 0.5) is 11.6 Å². The number of benzene rings is 2. The third-order valence-corrected chi connectivity index (χ3v) is 4.48. The summed E-state index contributed by atoms with van der Waals surface area (Å²) in [5, 5.41) is 5.23. The number of anilines is 2. The molecule has 0 aliphatic heterocycles. The van der Waals surface area contributed by atoms with Crippen molar-refractivity contribution in [1.29, 1.82) is 0 Å². The van der Waals surface area contributed by atoms with Gasteiger partial charge in [-0.2, -0.15) is 0 Å². The SMILES string of the molecule is COc1ccc(Nc2nccc(-c3cscn3)n2)cc1-c1ccccc1. The van der Waals surface area contributed by atoms with Crippen molar-refractivity contribution in [2.45, 2.75) is 0 Å². The van der Waals surface area contributed by atoms with Gasteiger partial charge in [-0.05, 0) is 29.8 Å². The van der Waals surface area contributed by atoms with Crippen molar-refractivity contribution in [1.82, 2.24) is 15.0 Å². The molecule has 0 aliphatic carbocycles. The van der Waals surface area contributed by atoms with Crippen molar-refractivity contribution in [3.8, 4) is 28.3 Å². The summed E-state index contributed by atoms with van der Waals surface area (Å²) in [6, 6.07) is 17.9. The highest BCUT2D eigenvalue weighted by atomic mass is 32.1. The summed E-state index contributed by atoms with van der Waals surface area (Å²) >= 11 is 1.54. The molecular weight excluding hydrogens is 344 g/mol. The van der Waals surface area contributed by atoms with E-state index in [0.29, 0.717) is 5.95 Å². The van der Waals surface area contributed by atoms with Crippen LogP contribution in [0.15, 0.2) is 71.7 Å². The number of thiazole rings is 1. The van der Waals surface area contributed by atoms with Crippen LogP contribution in [-0.4, -0.2) is 22.1 Å². The molecule has 2 aromatic heterocycles. The zero-order valence-electron chi connectivity index (χ0n) is 14.1. The van der Waals surface area contributed by atoms with Crippen molar-refractivity contribution < 1.29 is 4.74 Å². The molecule has 4 rings (SSSR count). The Kier molecular flexibility index (Phi) is 4.57. The second kappa shape index (κ2) is 7.33. The van der Waals surface area contributed by atoms with Gasteiger partial charge in [-0.3, -0.25) is 0 Å². The minimum absolute atomic E-state index is 0.527. The van der Waals surface area contributed by atoms with Crippen LogP contribution in [-0.2, 0) is 0 Å². The average molecular weight is 360 g/mol. The Hall–Kier alpha value is -3.25. The molecular formula is C20H16N4OS. The van der Waals surface area contributed by atoms with Crippen molar-refractivity contribution in [2.24, 2.45) is 0 Å². The molecule has 128 valence electrons. The number of nitrogens with zero attached hydrogens (tertiary/aromatic N) is 3. The highest BCUT2D eigenvalue weighted by molar-refractivity contribution is 7.07. The Morgan fingerprint density at radius 1 is 0.962 bits per heavy atom. The number of ether oxygens (including phenoxy) is 1. The molecule has 0 spiro atoms. The Labute approximate surface area is 155 Å². The second-order valence-electron chi connectivity index (χ2n) is 5.55. The Morgan fingerprint density at radius 2 is 1.85 bits per heavy atom. The number of rotatable bonds is 5. The molecule has 0 saturated carbocycles. The van der Waals surface area contributed by atoms with Gasteiger partial charge in [0.05, 0.1) is 24.0 Å². The fraction of sp³-hybridized carbons (Fsp3) is 0.0500. The lowest BCUT2D eigenvalue weighted by atomic mass is 10.0. The average Bonchev–Trinajstić information content (AvgIpc) is 3.24. The van der Waals surface area contributed by atoms with Crippen LogP contribution in [0.2, 0.25) is 0 Å². The lowest BCUT2D eigenvalue weighted by Gasteiger charge is -2.12. The lowest BCUT2D eigenvalue weighted by molar-refractivity contribution is 0.416. The van der Waals surface area contributed by atoms with E-state index >= 15 is 0 Å². The predicted molar refractivity (Wildman–Crippen MR) is 105 cm³/mol. The summed E-state index contributed by atoms with van der Waals surface area (Å²) in [6.45, 7) is 0. The van der Waals surface area contributed by atoms with Crippen molar-refractivity contribution in [3.05, 3.63) is 71.7 Å². The molecule has 5 nitrogen and oxygen atoms in total. The van der Waals surface area contributed by atoms with E-state index in [-0.39, 0.29) is 0 Å². The van der Waals surface area contributed by atoms with Crippen LogP contribution >= 0.6 is 11.3 Å². The predicted octanol–water partition coefficient (Wildman–Crippen LogP) is 5.02. The van der Waals surface area contributed by atoms with E-state index in [2.05, 4.69) is 32.4 Å². The maximum Gasteiger partial charge on any atom is 0.227 e. The van der Waals surface area contributed by atoms with Crippen LogP contribution in [0, 0.1) is 0 Å². The van der Waals surface area contributed by atoms with Gasteiger partial charge in [0.25, 0.3) is 0 Å². The van der Waals surface area contributed by atoms with E-state index in [0.717, 1.165) is 34.0 Å². The smallest absolute Gasteiger partial charge is 0.227 e. The monoisotopic (exact) mass is 360 g/mol. The second-order valence-corrected chi connectivity index (χ2v) is 6.26. The summed E-state index contributed by atoms with van der Waals surface area (Å²) in [5.41, 5.74) is 6.42. The van der Waals surface area contributed by atoms with Crippen molar-refractivity contribution in [3.63, 3.8) is 0 Å². The van der Waals surface area contributed by atoms with Gasteiger partial charge in [0.15, 0.2) is 0 Å². The molecule has 0 saturated heterocycles. The molecule has 0 fully saturated rings. The molecule has 0 atom stereocenters. The number of hydrogen-bond acceptors (Lipinski definition) is 6. The van der Waals surface area contributed by atoms with Gasteiger partial charge in [-0.1, -0.05) is 30.3 Å². The molecule has 26 heavy (non-hydrogen) atoms. The lowest BCUT2D eigenvalue weighted by Crippen LogP contribution is -1.99. The van der Waals surface area contributed by atoms with Gasteiger partial charge < -0.3 is 10.1 Å². The fourth-order valence-corrected chi connectivity index (χ4v) is 3.20. The van der Waals surface area contributed by atoms with Gasteiger partial charge in [0.1, 0.15) is 5.75 Å². The first-order valence-corrected chi connectivity index (χ1v) is 9.00. The number of aromatic nitrogens is 3. The summed E-state index contributed by atoms with van der Waals surface area (Å²) in [7, 11) is 1.68. The quantitative estimate of drug-likeness (QED) is 0.541. The third kappa shape index (κ3) is 3.41. The van der Waals surface area contributed by atoms with Gasteiger partial charge in [-0.25, -0.2) is 15.0 Å². The third-order valence-electron chi connectivity index (χ3n) is 3.89. The molecule has 0 bridgehead atoms. The molecule has 0 aliphatic rings. The topological polar surface area (TPSA) is 59.9 Å². The van der Waals surface area contributed by atoms with Crippen LogP contribution in [0.5, 0.6) is 5.75 Å². The van der Waals surface area contributed by atoms with Crippen LogP contribution < -0.4 is 10.1 Å². The highest BCUT2D eigenvalue weighted by Crippen LogP contribution is 2.33. The molecule has 0 unspecified atom stereocenters. The van der Waals surface area contributed by atoms with Crippen LogP contribution in [0.1, 0.15) is 0 Å². The van der Waals surface area contributed by atoms with E-state index in [1.807, 2.05) is 47.8 Å². The molecule has 0 radical (unpaired) electrons. The van der Waals surface area contributed by atoms with Gasteiger partial charge in [-0.15, -0.1) is 11.3 Å². The minimum atomic E-state index is 0.527. The first-order chi connectivity index (χ1) is 12.8. The van der Waals surface area contributed by atoms with E-state index in [1.54, 1.807) is 30.2 Å². The number of nitrogens with one attached hydrogen (secondary N) is 1. The van der Waals surface area contributed by atoms with Crippen LogP contribution in [0.25, 0.3) is 22.5 Å². The summed E-state index contributed by atoms with van der Waals surface area (Å²) in [6.07, 6.45) is 1.73. The Bertz CT molecular complexity index is 1000. The summed E-state index contributed by atoms with van der Waals surface area (Å²) in [5.74, 6) is 1.35. The Morgan fingerprint density at radius 3 is 2.62 bits per heavy atom. The fourth-order valence-electron chi connectivity index (χ4n) is 2.66. The highest BCUT2D eigenvalue weighted by Gasteiger charge is 2.09. The van der Waals surface area contributed by atoms with E-state index in [4.69, 9.17) is 4.74 Å². The minimum Gasteiger partial charge on any atom is -0.496 e. The summed E-state index contributed by atoms with van der Waals surface area (Å²) < 4.78 is 5.51. The largest absolute Gasteiger partial charge is 0.496 e. The number of methoxy groups -OCH3 is 1. The molecule has 6 heteroatoms. The Balaban J connectivity index is 1.66. The van der Waals surface area contributed by atoms with E-state index in [9.17, 15) is 0 Å². The summed E-state index contributed by atoms with van der Waals surface area (Å²) in [4.78, 5) is 13.2. The van der Waals surface area contributed by atoms with Crippen LogP contribution in [0.3, 0.4) is 0 Å². The van der Waals surface area contributed by atoms with Crippen molar-refractivity contribution in [2.75, 3.05) is 12.4 Å². The van der Waals surface area contributed by atoms with Gasteiger partial charge in [0, 0.05) is 22.8 Å². The standard InChI is InChI=1S/C20H16N4OS/c1-25-19-8-7-15(11-16(19)14-5-3-2-4-6-14)23-20-21-10-9-17(24-20)18-12-26-13-22-18/h2-13H,1H3,(H,21,23,24). The maximum absolute atomic E-state index is 5.51. The first-order valence-electron chi connectivity index (χ1n) is 8.05. The van der Waals surface area contributed by atoms with E-state index < -0.39 is 0 Å². The molecule has 2 heterocycles. The first kappa shape index (κ1) is 16.2. The molecule has 0 amide bonds. The molecule has 1 N–H and O–H groups in total. The molecule has 4 aromatic rings. The maximum atomic E-state index is 5.51. The zero-order chi connectivity index (χ0) is 17.8. The van der Waals surface area contributed by atoms with Gasteiger partial charge >= 0.3 is 0 Å². The number of hydrogen-bond donors (Lipinski definition) is 1. The molecule has 2 aromatic carbocycles.